The quantitative estimate of drug-likeness (QED) is 0.779. The van der Waals surface area contributed by atoms with Gasteiger partial charge in [0, 0.05) is 41.2 Å². The Hall–Kier alpha value is -3.28. The summed E-state index contributed by atoms with van der Waals surface area (Å²) in [6.07, 6.45) is 3.47. The Morgan fingerprint density at radius 2 is 2.00 bits per heavy atom. The summed E-state index contributed by atoms with van der Waals surface area (Å²) in [7, 11) is 0. The van der Waals surface area contributed by atoms with Crippen molar-refractivity contribution in [2.75, 3.05) is 0 Å². The van der Waals surface area contributed by atoms with E-state index in [1.807, 2.05) is 12.1 Å². The Labute approximate surface area is 148 Å². The summed E-state index contributed by atoms with van der Waals surface area (Å²) in [5.41, 5.74) is 3.38. The number of hydrogen-bond donors (Lipinski definition) is 1. The Kier molecular flexibility index (Phi) is 4.08. The largest absolute Gasteiger partial charge is 0.488 e. The van der Waals surface area contributed by atoms with Crippen molar-refractivity contribution in [3.05, 3.63) is 83.2 Å². The third kappa shape index (κ3) is 3.01. The van der Waals surface area contributed by atoms with Gasteiger partial charge in [-0.25, -0.2) is 8.78 Å². The molecule has 0 saturated carbocycles. The van der Waals surface area contributed by atoms with Crippen LogP contribution in [0.25, 0.3) is 11.1 Å². The van der Waals surface area contributed by atoms with Crippen LogP contribution in [-0.4, -0.2) is 10.9 Å². The molecular weight excluding hydrogens is 338 g/mol. The average Bonchev–Trinajstić information content (AvgIpc) is 2.67. The molecule has 26 heavy (non-hydrogen) atoms. The molecule has 2 aromatic carbocycles. The van der Waals surface area contributed by atoms with E-state index in [-0.39, 0.29) is 18.0 Å². The summed E-state index contributed by atoms with van der Waals surface area (Å²) in [5, 5.41) is 2.60. The topological polar surface area (TPSA) is 51.2 Å². The summed E-state index contributed by atoms with van der Waals surface area (Å²) < 4.78 is 32.6. The molecule has 0 atom stereocenters. The van der Waals surface area contributed by atoms with Crippen LogP contribution in [0.1, 0.15) is 21.5 Å². The maximum absolute atomic E-state index is 13.6. The summed E-state index contributed by atoms with van der Waals surface area (Å²) >= 11 is 0. The van der Waals surface area contributed by atoms with Crippen molar-refractivity contribution in [3.8, 4) is 16.9 Å². The predicted octanol–water partition coefficient (Wildman–Crippen LogP) is 3.85. The first-order chi connectivity index (χ1) is 12.6. The van der Waals surface area contributed by atoms with Gasteiger partial charge in [-0.3, -0.25) is 9.78 Å². The minimum absolute atomic E-state index is 0.0917. The van der Waals surface area contributed by atoms with Crippen molar-refractivity contribution in [1.82, 2.24) is 10.3 Å². The number of aromatic nitrogens is 1. The maximum atomic E-state index is 13.6. The normalized spacial score (nSPS) is 11.9. The van der Waals surface area contributed by atoms with Crippen LogP contribution in [0.15, 0.2) is 54.9 Å². The van der Waals surface area contributed by atoms with Crippen LogP contribution in [0.2, 0.25) is 0 Å². The monoisotopic (exact) mass is 352 g/mol. The van der Waals surface area contributed by atoms with E-state index in [1.165, 1.54) is 0 Å². The lowest BCUT2D eigenvalue weighted by molar-refractivity contribution is 0.0950. The van der Waals surface area contributed by atoms with Gasteiger partial charge in [-0.2, -0.15) is 0 Å². The van der Waals surface area contributed by atoms with Gasteiger partial charge in [0.2, 0.25) is 0 Å². The Morgan fingerprint density at radius 3 is 2.88 bits per heavy atom. The van der Waals surface area contributed by atoms with Crippen LogP contribution in [0.4, 0.5) is 8.78 Å². The van der Waals surface area contributed by atoms with Crippen LogP contribution < -0.4 is 10.1 Å². The lowest BCUT2D eigenvalue weighted by Crippen LogP contribution is -2.23. The van der Waals surface area contributed by atoms with Gasteiger partial charge in [0.1, 0.15) is 24.0 Å². The smallest absolute Gasteiger partial charge is 0.251 e. The highest BCUT2D eigenvalue weighted by Gasteiger charge is 2.19. The van der Waals surface area contributed by atoms with Crippen LogP contribution in [0.3, 0.4) is 0 Å². The lowest BCUT2D eigenvalue weighted by atomic mass is 9.97. The first-order valence-corrected chi connectivity index (χ1v) is 8.04. The highest BCUT2D eigenvalue weighted by Crippen LogP contribution is 2.37. The van der Waals surface area contributed by atoms with E-state index in [2.05, 4.69) is 10.3 Å². The molecule has 0 bridgehead atoms. The van der Waals surface area contributed by atoms with Gasteiger partial charge in [0.25, 0.3) is 5.91 Å². The predicted molar refractivity (Wildman–Crippen MR) is 91.5 cm³/mol. The second kappa shape index (κ2) is 6.55. The summed E-state index contributed by atoms with van der Waals surface area (Å²) in [6.45, 7) is 0.282. The van der Waals surface area contributed by atoms with Gasteiger partial charge in [0.05, 0.1) is 0 Å². The number of nitrogens with zero attached hydrogens (tertiary/aromatic N) is 1. The molecular formula is C20H14F2N2O2. The number of benzene rings is 2. The third-order valence-electron chi connectivity index (χ3n) is 4.27. The van der Waals surface area contributed by atoms with Crippen molar-refractivity contribution in [2.24, 2.45) is 0 Å². The van der Waals surface area contributed by atoms with Crippen molar-refractivity contribution >= 4 is 5.91 Å². The number of fused-ring (bicyclic) bond motifs is 3. The molecule has 1 aliphatic rings. The van der Waals surface area contributed by atoms with Gasteiger partial charge < -0.3 is 10.1 Å². The number of carbonyl (C=O) groups excluding carboxylic acids is 1. The standard InChI is InChI=1S/C20H14F2N2O2/c21-15-2-4-18(22)13(7-15)10-24-20(25)12-1-3-17-16-5-6-23-9-14(16)11-26-19(17)8-12/h1-9H,10-11H2,(H,24,25). The Bertz CT molecular complexity index is 1000. The molecule has 1 amide bonds. The first-order valence-electron chi connectivity index (χ1n) is 8.04. The fourth-order valence-corrected chi connectivity index (χ4v) is 2.92. The molecule has 0 unspecified atom stereocenters. The number of ether oxygens (including phenoxy) is 1. The molecule has 2 heterocycles. The van der Waals surface area contributed by atoms with Gasteiger partial charge in [-0.15, -0.1) is 0 Å². The highest BCUT2D eigenvalue weighted by atomic mass is 19.1. The molecule has 0 fully saturated rings. The van der Waals surface area contributed by atoms with Gasteiger partial charge in [-0.05, 0) is 48.0 Å². The van der Waals surface area contributed by atoms with Gasteiger partial charge in [-0.1, -0.05) is 0 Å². The Morgan fingerprint density at radius 1 is 1.12 bits per heavy atom. The zero-order chi connectivity index (χ0) is 18.1. The number of rotatable bonds is 3. The van der Waals surface area contributed by atoms with E-state index in [1.54, 1.807) is 24.5 Å². The molecule has 1 aliphatic heterocycles. The molecule has 3 aromatic rings. The SMILES string of the molecule is O=C(NCc1cc(F)ccc1F)c1ccc2c(c1)OCc1cnccc1-2. The molecule has 1 aromatic heterocycles. The minimum Gasteiger partial charge on any atom is -0.488 e. The fourth-order valence-electron chi connectivity index (χ4n) is 2.92. The van der Waals surface area contributed by atoms with Gasteiger partial charge in [0.15, 0.2) is 0 Å². The first kappa shape index (κ1) is 16.2. The molecule has 0 spiro atoms. The zero-order valence-electron chi connectivity index (χ0n) is 13.6. The molecule has 4 nitrogen and oxygen atoms in total. The highest BCUT2D eigenvalue weighted by molar-refractivity contribution is 5.95. The van der Waals surface area contributed by atoms with Crippen molar-refractivity contribution in [2.45, 2.75) is 13.2 Å². The number of pyridine rings is 1. The number of halogens is 2. The van der Waals surface area contributed by atoms with Crippen molar-refractivity contribution in [1.29, 1.82) is 0 Å². The second-order valence-electron chi connectivity index (χ2n) is 5.95. The Balaban J connectivity index is 1.54. The summed E-state index contributed by atoms with van der Waals surface area (Å²) in [4.78, 5) is 16.4. The van der Waals surface area contributed by atoms with E-state index >= 15 is 0 Å². The fraction of sp³-hybridized carbons (Fsp3) is 0.100. The van der Waals surface area contributed by atoms with Crippen molar-refractivity contribution in [3.63, 3.8) is 0 Å². The summed E-state index contributed by atoms with van der Waals surface area (Å²) in [5.74, 6) is -0.898. The number of nitrogens with one attached hydrogen (secondary N) is 1. The van der Waals surface area contributed by atoms with Crippen LogP contribution in [0, 0.1) is 11.6 Å². The van der Waals surface area contributed by atoms with Crippen molar-refractivity contribution < 1.29 is 18.3 Å². The molecule has 1 N–H and O–H groups in total. The van der Waals surface area contributed by atoms with Crippen LogP contribution in [0.5, 0.6) is 5.75 Å². The number of carbonyl (C=O) groups is 1. The number of hydrogen-bond acceptors (Lipinski definition) is 3. The zero-order valence-corrected chi connectivity index (χ0v) is 13.6. The second-order valence-corrected chi connectivity index (χ2v) is 5.95. The summed E-state index contributed by atoms with van der Waals surface area (Å²) in [6, 6.07) is 10.2. The third-order valence-corrected chi connectivity index (χ3v) is 4.27. The maximum Gasteiger partial charge on any atom is 0.251 e. The van der Waals surface area contributed by atoms with E-state index < -0.39 is 11.6 Å². The molecule has 6 heteroatoms. The number of amides is 1. The molecule has 130 valence electrons. The van der Waals surface area contributed by atoms with E-state index in [4.69, 9.17) is 4.74 Å². The average molecular weight is 352 g/mol. The van der Waals surface area contributed by atoms with E-state index in [9.17, 15) is 13.6 Å². The minimum atomic E-state index is -0.564. The molecule has 0 saturated heterocycles. The van der Waals surface area contributed by atoms with E-state index in [0.717, 1.165) is 34.9 Å². The molecule has 0 aliphatic carbocycles. The van der Waals surface area contributed by atoms with E-state index in [0.29, 0.717) is 17.9 Å². The van der Waals surface area contributed by atoms with Gasteiger partial charge >= 0.3 is 0 Å². The lowest BCUT2D eigenvalue weighted by Gasteiger charge is -2.20. The van der Waals surface area contributed by atoms with Crippen LogP contribution in [-0.2, 0) is 13.2 Å². The molecule has 4 rings (SSSR count). The molecule has 0 radical (unpaired) electrons. The van der Waals surface area contributed by atoms with Crippen LogP contribution >= 0.6 is 0 Å².